The molecule has 142 valence electrons. The van der Waals surface area contributed by atoms with Crippen molar-refractivity contribution in [1.82, 2.24) is 19.6 Å². The number of carbonyl (C=O) groups excluding carboxylic acids is 1. The van der Waals surface area contributed by atoms with Crippen LogP contribution in [0.15, 0.2) is 48.5 Å². The third-order valence-electron chi connectivity index (χ3n) is 4.41. The van der Waals surface area contributed by atoms with Crippen molar-refractivity contribution in [3.63, 3.8) is 0 Å². The molecule has 1 N–H and O–H groups in total. The van der Waals surface area contributed by atoms with Gasteiger partial charge in [0.2, 0.25) is 11.6 Å². The fraction of sp³-hybridized carbons (Fsp3) is 0.238. The summed E-state index contributed by atoms with van der Waals surface area (Å²) in [5.41, 5.74) is 3.07. The lowest BCUT2D eigenvalue weighted by molar-refractivity contribution is -0.116. The Morgan fingerprint density at radius 3 is 2.61 bits per heavy atom. The quantitative estimate of drug-likeness (QED) is 0.541. The Labute approximate surface area is 162 Å². The van der Waals surface area contributed by atoms with Crippen molar-refractivity contribution in [3.05, 3.63) is 54.4 Å². The van der Waals surface area contributed by atoms with Gasteiger partial charge in [-0.15, -0.1) is 10.2 Å². The monoisotopic (exact) mass is 375 g/mol. The normalized spacial score (nSPS) is 11.1. The Hall–Kier alpha value is -3.48. The minimum atomic E-state index is 0.00428. The van der Waals surface area contributed by atoms with E-state index in [0.717, 1.165) is 35.4 Å². The van der Waals surface area contributed by atoms with E-state index in [1.165, 1.54) is 0 Å². The second-order valence-electron chi connectivity index (χ2n) is 6.46. The summed E-state index contributed by atoms with van der Waals surface area (Å²) < 4.78 is 8.00. The van der Waals surface area contributed by atoms with Gasteiger partial charge in [-0.2, -0.15) is 0 Å². The van der Waals surface area contributed by atoms with Crippen molar-refractivity contribution in [3.8, 4) is 11.6 Å². The lowest BCUT2D eigenvalue weighted by Gasteiger charge is -2.10. The van der Waals surface area contributed by atoms with Crippen molar-refractivity contribution >= 4 is 28.3 Å². The van der Waals surface area contributed by atoms with Gasteiger partial charge in [0, 0.05) is 18.5 Å². The zero-order valence-electron chi connectivity index (χ0n) is 15.8. The number of fused-ring (bicyclic) bond motifs is 3. The predicted octanol–water partition coefficient (Wildman–Crippen LogP) is 4.37. The first-order valence-electron chi connectivity index (χ1n) is 9.40. The Bertz CT molecular complexity index is 1130. The molecule has 0 aliphatic heterocycles. The second-order valence-corrected chi connectivity index (χ2v) is 6.46. The van der Waals surface area contributed by atoms with Crippen LogP contribution in [0.4, 0.5) is 5.69 Å². The average Bonchev–Trinajstić information content (AvgIpc) is 3.14. The summed E-state index contributed by atoms with van der Waals surface area (Å²) >= 11 is 0. The van der Waals surface area contributed by atoms with Gasteiger partial charge in [0.1, 0.15) is 11.6 Å². The summed E-state index contributed by atoms with van der Waals surface area (Å²) in [6.45, 7) is 4.01. The molecular formula is C21H21N5O2. The van der Waals surface area contributed by atoms with Crippen LogP contribution in [0.1, 0.15) is 32.5 Å². The molecule has 0 saturated carbocycles. The first-order chi connectivity index (χ1) is 13.7. The number of nitrogens with zero attached hydrogens (tertiary/aromatic N) is 4. The number of rotatable bonds is 6. The van der Waals surface area contributed by atoms with E-state index < -0.39 is 0 Å². The number of anilines is 1. The van der Waals surface area contributed by atoms with Crippen molar-refractivity contribution in [2.75, 3.05) is 5.32 Å². The van der Waals surface area contributed by atoms with E-state index in [1.54, 1.807) is 12.1 Å². The van der Waals surface area contributed by atoms with Gasteiger partial charge >= 0.3 is 0 Å². The number of aromatic nitrogens is 4. The number of para-hydroxylation sites is 2. The maximum Gasteiger partial charge on any atom is 0.266 e. The lowest BCUT2D eigenvalue weighted by atomic mass is 10.2. The van der Waals surface area contributed by atoms with E-state index in [-0.39, 0.29) is 5.91 Å². The maximum absolute atomic E-state index is 11.7. The van der Waals surface area contributed by atoms with Crippen LogP contribution >= 0.6 is 0 Å². The van der Waals surface area contributed by atoms with Gasteiger partial charge in [-0.25, -0.2) is 4.98 Å². The van der Waals surface area contributed by atoms with Gasteiger partial charge in [-0.05, 0) is 42.8 Å². The fourth-order valence-corrected chi connectivity index (χ4v) is 3.08. The molecule has 0 fully saturated rings. The number of ether oxygens (including phenoxy) is 1. The van der Waals surface area contributed by atoms with Gasteiger partial charge in [0.15, 0.2) is 0 Å². The third-order valence-corrected chi connectivity index (χ3v) is 4.41. The molecule has 7 heteroatoms. The zero-order chi connectivity index (χ0) is 19.5. The SMILES string of the molecule is CCCC(=O)Nc1ccc(Oc2nc3ccccc3n3c(CC)nnc23)cc1. The van der Waals surface area contributed by atoms with E-state index in [1.807, 2.05) is 54.6 Å². The van der Waals surface area contributed by atoms with Crippen molar-refractivity contribution in [1.29, 1.82) is 0 Å². The van der Waals surface area contributed by atoms with E-state index in [9.17, 15) is 4.79 Å². The third kappa shape index (κ3) is 3.38. The smallest absolute Gasteiger partial charge is 0.266 e. The molecule has 1 amide bonds. The van der Waals surface area contributed by atoms with Crippen LogP contribution in [0, 0.1) is 0 Å². The fourth-order valence-electron chi connectivity index (χ4n) is 3.08. The molecule has 0 bridgehead atoms. The molecule has 0 aliphatic rings. The summed E-state index contributed by atoms with van der Waals surface area (Å²) in [6, 6.07) is 15.1. The first kappa shape index (κ1) is 17.9. The number of hydrogen-bond donors (Lipinski definition) is 1. The van der Waals surface area contributed by atoms with Crippen LogP contribution in [0.3, 0.4) is 0 Å². The Balaban J connectivity index is 1.67. The molecular weight excluding hydrogens is 354 g/mol. The van der Waals surface area contributed by atoms with Crippen molar-refractivity contribution in [2.24, 2.45) is 0 Å². The minimum Gasteiger partial charge on any atom is -0.436 e. The standard InChI is InChI=1S/C21H21N5O2/c1-3-7-19(27)22-14-10-12-15(13-11-14)28-21-20-25-24-18(4-2)26(20)17-9-6-5-8-16(17)23-21/h5-6,8-13H,3-4,7H2,1-2H3,(H,22,27). The molecule has 28 heavy (non-hydrogen) atoms. The number of amides is 1. The molecule has 0 radical (unpaired) electrons. The number of benzene rings is 2. The number of nitrogens with one attached hydrogen (secondary N) is 1. The summed E-state index contributed by atoms with van der Waals surface area (Å²) in [6.07, 6.45) is 2.07. The van der Waals surface area contributed by atoms with E-state index in [4.69, 9.17) is 4.74 Å². The Morgan fingerprint density at radius 1 is 1.07 bits per heavy atom. The highest BCUT2D eigenvalue weighted by atomic mass is 16.5. The van der Waals surface area contributed by atoms with E-state index in [0.29, 0.717) is 23.7 Å². The molecule has 0 unspecified atom stereocenters. The molecule has 4 rings (SSSR count). The van der Waals surface area contributed by atoms with Crippen LogP contribution in [-0.4, -0.2) is 25.5 Å². The average molecular weight is 375 g/mol. The van der Waals surface area contributed by atoms with E-state index in [2.05, 4.69) is 20.5 Å². The highest BCUT2D eigenvalue weighted by molar-refractivity contribution is 5.90. The molecule has 2 aromatic heterocycles. The minimum absolute atomic E-state index is 0.00428. The molecule has 0 atom stereocenters. The lowest BCUT2D eigenvalue weighted by Crippen LogP contribution is -2.10. The zero-order valence-corrected chi connectivity index (χ0v) is 15.8. The van der Waals surface area contributed by atoms with Crippen molar-refractivity contribution < 1.29 is 9.53 Å². The van der Waals surface area contributed by atoms with Gasteiger partial charge in [0.25, 0.3) is 5.88 Å². The van der Waals surface area contributed by atoms with Crippen LogP contribution in [-0.2, 0) is 11.2 Å². The predicted molar refractivity (Wildman–Crippen MR) is 108 cm³/mol. The van der Waals surface area contributed by atoms with Crippen molar-refractivity contribution in [2.45, 2.75) is 33.1 Å². The molecule has 4 aromatic rings. The summed E-state index contributed by atoms with van der Waals surface area (Å²) in [4.78, 5) is 16.3. The van der Waals surface area contributed by atoms with Crippen LogP contribution < -0.4 is 10.1 Å². The van der Waals surface area contributed by atoms with E-state index >= 15 is 0 Å². The summed E-state index contributed by atoms with van der Waals surface area (Å²) in [7, 11) is 0. The molecule has 2 aromatic carbocycles. The highest BCUT2D eigenvalue weighted by Crippen LogP contribution is 2.28. The number of hydrogen-bond acceptors (Lipinski definition) is 5. The first-order valence-corrected chi connectivity index (χ1v) is 9.40. The molecule has 7 nitrogen and oxygen atoms in total. The Kier molecular flexibility index (Phi) is 4.89. The summed E-state index contributed by atoms with van der Waals surface area (Å²) in [5, 5.41) is 11.4. The van der Waals surface area contributed by atoms with Gasteiger partial charge in [0.05, 0.1) is 11.0 Å². The van der Waals surface area contributed by atoms with Gasteiger partial charge < -0.3 is 10.1 Å². The number of aryl methyl sites for hydroxylation is 1. The molecule has 2 heterocycles. The highest BCUT2D eigenvalue weighted by Gasteiger charge is 2.15. The number of carbonyl (C=O) groups is 1. The van der Waals surface area contributed by atoms with Crippen LogP contribution in [0.2, 0.25) is 0 Å². The molecule has 0 saturated heterocycles. The maximum atomic E-state index is 11.7. The van der Waals surface area contributed by atoms with Crippen LogP contribution in [0.25, 0.3) is 16.7 Å². The summed E-state index contributed by atoms with van der Waals surface area (Å²) in [5.74, 6) is 1.87. The Morgan fingerprint density at radius 2 is 1.86 bits per heavy atom. The molecule has 0 spiro atoms. The topological polar surface area (TPSA) is 81.4 Å². The van der Waals surface area contributed by atoms with Gasteiger partial charge in [-0.3, -0.25) is 9.20 Å². The van der Waals surface area contributed by atoms with Gasteiger partial charge in [-0.1, -0.05) is 26.0 Å². The second kappa shape index (κ2) is 7.64. The van der Waals surface area contributed by atoms with Crippen LogP contribution in [0.5, 0.6) is 11.6 Å². The molecule has 0 aliphatic carbocycles. The largest absolute Gasteiger partial charge is 0.436 e.